The molecule has 0 bridgehead atoms. The fraction of sp³-hybridized carbons (Fsp3) is 0.375. The van der Waals surface area contributed by atoms with Crippen LogP contribution in [0.2, 0.25) is 0 Å². The molecular formula is C16H20F2. The molecule has 0 saturated carbocycles. The van der Waals surface area contributed by atoms with Crippen molar-refractivity contribution >= 4 is 0 Å². The summed E-state index contributed by atoms with van der Waals surface area (Å²) in [6.07, 6.45) is 2.58. The van der Waals surface area contributed by atoms with Gasteiger partial charge in [0.2, 0.25) is 0 Å². The first-order chi connectivity index (χ1) is 8.40. The molecule has 1 aromatic carbocycles. The van der Waals surface area contributed by atoms with Crippen molar-refractivity contribution in [3.05, 3.63) is 58.2 Å². The Hall–Kier alpha value is -1.44. The molecule has 0 radical (unpaired) electrons. The lowest BCUT2D eigenvalue weighted by atomic mass is 10.0. The van der Waals surface area contributed by atoms with Crippen LogP contribution in [0, 0.1) is 12.7 Å². The molecule has 0 atom stereocenters. The highest BCUT2D eigenvalue weighted by molar-refractivity contribution is 5.26. The summed E-state index contributed by atoms with van der Waals surface area (Å²) in [5.41, 5.74) is 3.13. The van der Waals surface area contributed by atoms with Gasteiger partial charge in [0.05, 0.1) is 0 Å². The second-order valence-electron chi connectivity index (χ2n) is 4.94. The Bertz CT molecular complexity index is 478. The molecule has 0 aromatic heterocycles. The second-order valence-corrected chi connectivity index (χ2v) is 4.94. The molecule has 0 heterocycles. The third kappa shape index (κ3) is 4.44. The maximum absolute atomic E-state index is 13.6. The lowest BCUT2D eigenvalue weighted by molar-refractivity contribution is 0.603. The van der Waals surface area contributed by atoms with Crippen LogP contribution in [0.25, 0.3) is 0 Å². The maximum atomic E-state index is 13.6. The van der Waals surface area contributed by atoms with Crippen molar-refractivity contribution in [1.82, 2.24) is 0 Å². The molecule has 2 heteroatoms. The van der Waals surface area contributed by atoms with E-state index in [4.69, 9.17) is 0 Å². The highest BCUT2D eigenvalue weighted by atomic mass is 19.1. The van der Waals surface area contributed by atoms with Crippen LogP contribution >= 0.6 is 0 Å². The first kappa shape index (κ1) is 14.6. The Kier molecular flexibility index (Phi) is 5.26. The fourth-order valence-corrected chi connectivity index (χ4v) is 1.67. The van der Waals surface area contributed by atoms with Gasteiger partial charge in [0.1, 0.15) is 11.6 Å². The van der Waals surface area contributed by atoms with E-state index in [1.54, 1.807) is 13.0 Å². The summed E-state index contributed by atoms with van der Waals surface area (Å²) in [5.74, 6) is -0.409. The molecule has 0 spiro atoms. The van der Waals surface area contributed by atoms with E-state index in [0.29, 0.717) is 24.0 Å². The van der Waals surface area contributed by atoms with E-state index in [0.717, 1.165) is 11.1 Å². The normalized spacial score (nSPS) is 12.1. The van der Waals surface area contributed by atoms with Crippen LogP contribution in [0.5, 0.6) is 0 Å². The standard InChI is InChI=1S/C16H20F2/c1-11(2)9-15(17)13(4)6-8-14-7-5-12(3)10-16(14)18/h5,7,9-10H,6,8H2,1-4H3. The van der Waals surface area contributed by atoms with Crippen LogP contribution in [0.4, 0.5) is 8.78 Å². The monoisotopic (exact) mass is 250 g/mol. The summed E-state index contributed by atoms with van der Waals surface area (Å²) in [6, 6.07) is 5.17. The summed E-state index contributed by atoms with van der Waals surface area (Å²) in [7, 11) is 0. The number of rotatable bonds is 4. The molecule has 0 nitrogen and oxygen atoms in total. The van der Waals surface area contributed by atoms with Gasteiger partial charge in [-0.2, -0.15) is 0 Å². The zero-order chi connectivity index (χ0) is 13.7. The third-order valence-corrected chi connectivity index (χ3v) is 2.80. The molecule has 0 amide bonds. The van der Waals surface area contributed by atoms with E-state index in [1.807, 2.05) is 26.8 Å². The van der Waals surface area contributed by atoms with Crippen LogP contribution in [-0.2, 0) is 6.42 Å². The highest BCUT2D eigenvalue weighted by Crippen LogP contribution is 2.18. The van der Waals surface area contributed by atoms with E-state index < -0.39 is 0 Å². The number of benzene rings is 1. The smallest absolute Gasteiger partial charge is 0.126 e. The molecule has 0 aliphatic rings. The molecule has 0 fully saturated rings. The zero-order valence-electron chi connectivity index (χ0n) is 11.5. The molecule has 0 aliphatic heterocycles. The predicted molar refractivity (Wildman–Crippen MR) is 72.7 cm³/mol. The van der Waals surface area contributed by atoms with Crippen molar-refractivity contribution in [3.8, 4) is 0 Å². The van der Waals surface area contributed by atoms with Crippen LogP contribution in [0.15, 0.2) is 41.2 Å². The van der Waals surface area contributed by atoms with Crippen molar-refractivity contribution in [2.75, 3.05) is 0 Å². The molecule has 1 aromatic rings. The minimum Gasteiger partial charge on any atom is -0.207 e. The summed E-state index contributed by atoms with van der Waals surface area (Å²) in [4.78, 5) is 0. The number of allylic oxidation sites excluding steroid dienone is 4. The first-order valence-electron chi connectivity index (χ1n) is 6.15. The molecule has 98 valence electrons. The summed E-state index contributed by atoms with van der Waals surface area (Å²) >= 11 is 0. The van der Waals surface area contributed by atoms with Gasteiger partial charge >= 0.3 is 0 Å². The number of aryl methyl sites for hydroxylation is 2. The Labute approximate surface area is 108 Å². The van der Waals surface area contributed by atoms with Crippen molar-refractivity contribution in [2.24, 2.45) is 0 Å². The van der Waals surface area contributed by atoms with Gasteiger partial charge in [-0.25, -0.2) is 8.78 Å². The average molecular weight is 250 g/mol. The Morgan fingerprint density at radius 2 is 1.89 bits per heavy atom. The lowest BCUT2D eigenvalue weighted by Crippen LogP contribution is -1.93. The van der Waals surface area contributed by atoms with Gasteiger partial charge in [0.15, 0.2) is 0 Å². The topological polar surface area (TPSA) is 0 Å². The van der Waals surface area contributed by atoms with Gasteiger partial charge in [-0.1, -0.05) is 17.7 Å². The molecule has 0 N–H and O–H groups in total. The average Bonchev–Trinajstić information content (AvgIpc) is 2.26. The van der Waals surface area contributed by atoms with E-state index in [1.165, 1.54) is 12.1 Å². The molecule has 0 aliphatic carbocycles. The molecule has 0 saturated heterocycles. The number of hydrogen-bond donors (Lipinski definition) is 0. The maximum Gasteiger partial charge on any atom is 0.126 e. The number of hydrogen-bond acceptors (Lipinski definition) is 0. The van der Waals surface area contributed by atoms with Gasteiger partial charge in [-0.05, 0) is 69.4 Å². The van der Waals surface area contributed by atoms with Crippen molar-refractivity contribution in [3.63, 3.8) is 0 Å². The number of halogens is 2. The lowest BCUT2D eigenvalue weighted by Gasteiger charge is -2.05. The van der Waals surface area contributed by atoms with Crippen molar-refractivity contribution in [1.29, 1.82) is 0 Å². The van der Waals surface area contributed by atoms with Gasteiger partial charge < -0.3 is 0 Å². The highest BCUT2D eigenvalue weighted by Gasteiger charge is 2.04. The van der Waals surface area contributed by atoms with Crippen LogP contribution in [-0.4, -0.2) is 0 Å². The molecule has 1 rings (SSSR count). The molecular weight excluding hydrogens is 230 g/mol. The Morgan fingerprint density at radius 1 is 1.22 bits per heavy atom. The van der Waals surface area contributed by atoms with Crippen molar-refractivity contribution in [2.45, 2.75) is 40.5 Å². The van der Waals surface area contributed by atoms with Gasteiger partial charge in [0, 0.05) is 0 Å². The molecule has 18 heavy (non-hydrogen) atoms. The van der Waals surface area contributed by atoms with Crippen LogP contribution in [0.3, 0.4) is 0 Å². The summed E-state index contributed by atoms with van der Waals surface area (Å²) < 4.78 is 27.2. The van der Waals surface area contributed by atoms with E-state index >= 15 is 0 Å². The quantitative estimate of drug-likeness (QED) is 0.638. The van der Waals surface area contributed by atoms with Crippen molar-refractivity contribution < 1.29 is 8.78 Å². The zero-order valence-corrected chi connectivity index (χ0v) is 11.5. The Balaban J connectivity index is 2.73. The van der Waals surface area contributed by atoms with Gasteiger partial charge in [-0.15, -0.1) is 0 Å². The van der Waals surface area contributed by atoms with E-state index in [2.05, 4.69) is 0 Å². The van der Waals surface area contributed by atoms with Gasteiger partial charge in [-0.3, -0.25) is 0 Å². The van der Waals surface area contributed by atoms with Crippen LogP contribution in [0.1, 0.15) is 38.3 Å². The van der Waals surface area contributed by atoms with Crippen LogP contribution < -0.4 is 0 Å². The molecule has 0 unspecified atom stereocenters. The first-order valence-corrected chi connectivity index (χ1v) is 6.15. The van der Waals surface area contributed by atoms with E-state index in [-0.39, 0.29) is 11.6 Å². The minimum atomic E-state index is -0.206. The van der Waals surface area contributed by atoms with Gasteiger partial charge in [0.25, 0.3) is 0 Å². The second kappa shape index (κ2) is 6.48. The third-order valence-electron chi connectivity index (χ3n) is 2.80. The largest absolute Gasteiger partial charge is 0.207 e. The fourth-order valence-electron chi connectivity index (χ4n) is 1.67. The predicted octanol–water partition coefficient (Wildman–Crippen LogP) is 5.28. The minimum absolute atomic E-state index is 0.203. The summed E-state index contributed by atoms with van der Waals surface area (Å²) in [6.45, 7) is 7.31. The Morgan fingerprint density at radius 3 is 2.44 bits per heavy atom. The SMILES string of the molecule is CC(C)=CC(F)=C(C)CCc1ccc(C)cc1F. The summed E-state index contributed by atoms with van der Waals surface area (Å²) in [5, 5.41) is 0. The van der Waals surface area contributed by atoms with E-state index in [9.17, 15) is 8.78 Å².